The fourth-order valence-corrected chi connectivity index (χ4v) is 2.33. The topological polar surface area (TPSA) is 56.1 Å². The van der Waals surface area contributed by atoms with Gasteiger partial charge < -0.3 is 10.2 Å². The number of anilines is 1. The highest BCUT2D eigenvalue weighted by Crippen LogP contribution is 2.33. The van der Waals surface area contributed by atoms with Gasteiger partial charge >= 0.3 is 6.18 Å². The van der Waals surface area contributed by atoms with Crippen molar-refractivity contribution >= 4 is 11.6 Å². The molecule has 1 aliphatic heterocycles. The van der Waals surface area contributed by atoms with Crippen molar-refractivity contribution in [2.45, 2.75) is 25.1 Å². The zero-order valence-electron chi connectivity index (χ0n) is 11.4. The van der Waals surface area contributed by atoms with E-state index < -0.39 is 17.3 Å². The van der Waals surface area contributed by atoms with Crippen molar-refractivity contribution in [2.75, 3.05) is 18.9 Å². The van der Waals surface area contributed by atoms with Crippen LogP contribution in [0.2, 0.25) is 0 Å². The number of halogens is 3. The summed E-state index contributed by atoms with van der Waals surface area (Å²) in [7, 11) is 1.66. The maximum atomic E-state index is 12.9. The first-order chi connectivity index (χ1) is 9.81. The summed E-state index contributed by atoms with van der Waals surface area (Å²) >= 11 is 0. The van der Waals surface area contributed by atoms with E-state index >= 15 is 0 Å². The maximum Gasteiger partial charge on any atom is 0.417 e. The van der Waals surface area contributed by atoms with Crippen molar-refractivity contribution < 1.29 is 18.0 Å². The van der Waals surface area contributed by atoms with Crippen LogP contribution in [0.4, 0.5) is 18.9 Å². The molecule has 1 aliphatic rings. The van der Waals surface area contributed by atoms with E-state index in [1.54, 1.807) is 18.0 Å². The Morgan fingerprint density at radius 1 is 1.43 bits per heavy atom. The number of piperidine rings is 1. The second-order valence-electron chi connectivity index (χ2n) is 5.02. The number of alkyl halides is 3. The summed E-state index contributed by atoms with van der Waals surface area (Å²) in [4.78, 5) is 12.9. The van der Waals surface area contributed by atoms with Crippen LogP contribution in [0.15, 0.2) is 18.2 Å². The van der Waals surface area contributed by atoms with Crippen LogP contribution in [0.5, 0.6) is 0 Å². The molecule has 1 aromatic rings. The third-order valence-electron chi connectivity index (χ3n) is 3.44. The SMILES string of the molecule is CN1CC(Nc2ccc(C#N)c(C(F)(F)F)c2)CCC1=O. The highest BCUT2D eigenvalue weighted by molar-refractivity contribution is 5.77. The first-order valence-corrected chi connectivity index (χ1v) is 6.43. The van der Waals surface area contributed by atoms with Crippen molar-refractivity contribution in [2.24, 2.45) is 0 Å². The monoisotopic (exact) mass is 297 g/mol. The summed E-state index contributed by atoms with van der Waals surface area (Å²) in [5, 5.41) is 11.7. The number of hydrogen-bond acceptors (Lipinski definition) is 3. The van der Waals surface area contributed by atoms with Crippen LogP contribution in [0.3, 0.4) is 0 Å². The minimum Gasteiger partial charge on any atom is -0.381 e. The van der Waals surface area contributed by atoms with E-state index in [9.17, 15) is 18.0 Å². The molecule has 1 saturated heterocycles. The molecule has 2 rings (SSSR count). The van der Waals surface area contributed by atoms with Gasteiger partial charge in [0.1, 0.15) is 0 Å². The van der Waals surface area contributed by atoms with Crippen molar-refractivity contribution in [3.05, 3.63) is 29.3 Å². The Labute approximate surface area is 120 Å². The van der Waals surface area contributed by atoms with Crippen molar-refractivity contribution in [1.82, 2.24) is 4.90 Å². The third kappa shape index (κ3) is 3.45. The van der Waals surface area contributed by atoms with Crippen molar-refractivity contribution in [1.29, 1.82) is 5.26 Å². The summed E-state index contributed by atoms with van der Waals surface area (Å²) in [6.07, 6.45) is -3.62. The number of likely N-dealkylation sites (tertiary alicyclic amines) is 1. The summed E-state index contributed by atoms with van der Waals surface area (Å²) in [6.45, 7) is 0.445. The third-order valence-corrected chi connectivity index (χ3v) is 3.44. The lowest BCUT2D eigenvalue weighted by Gasteiger charge is -2.31. The van der Waals surface area contributed by atoms with Gasteiger partial charge in [0.2, 0.25) is 5.91 Å². The molecule has 0 bridgehead atoms. The van der Waals surface area contributed by atoms with E-state index in [4.69, 9.17) is 5.26 Å². The zero-order chi connectivity index (χ0) is 15.6. The Kier molecular flexibility index (Phi) is 4.07. The molecular weight excluding hydrogens is 283 g/mol. The number of nitrogens with zero attached hydrogens (tertiary/aromatic N) is 2. The molecule has 0 spiro atoms. The predicted octanol–water partition coefficient (Wildman–Crippen LogP) is 2.61. The van der Waals surface area contributed by atoms with Crippen LogP contribution < -0.4 is 5.32 Å². The lowest BCUT2D eigenvalue weighted by Crippen LogP contribution is -2.43. The number of carbonyl (C=O) groups is 1. The van der Waals surface area contributed by atoms with Crippen LogP contribution in [0.25, 0.3) is 0 Å². The summed E-state index contributed by atoms with van der Waals surface area (Å²) in [6, 6.07) is 4.99. The molecule has 112 valence electrons. The molecule has 7 heteroatoms. The molecule has 1 aromatic carbocycles. The van der Waals surface area contributed by atoms with Crippen LogP contribution >= 0.6 is 0 Å². The second-order valence-corrected chi connectivity index (χ2v) is 5.02. The van der Waals surface area contributed by atoms with Crippen LogP contribution in [0.1, 0.15) is 24.0 Å². The number of nitrogens with one attached hydrogen (secondary N) is 1. The maximum absolute atomic E-state index is 12.9. The number of rotatable bonds is 2. The summed E-state index contributed by atoms with van der Waals surface area (Å²) in [5.41, 5.74) is -1.05. The summed E-state index contributed by atoms with van der Waals surface area (Å²) < 4.78 is 38.6. The molecule has 0 aromatic heterocycles. The number of nitriles is 1. The molecule has 1 unspecified atom stereocenters. The standard InChI is InChI=1S/C14H14F3N3O/c1-20-8-11(4-5-13(20)21)19-10-3-2-9(7-18)12(6-10)14(15,16)17/h2-3,6,11,19H,4-5,8H2,1H3. The smallest absolute Gasteiger partial charge is 0.381 e. The molecule has 21 heavy (non-hydrogen) atoms. The molecular formula is C14H14F3N3O. The normalized spacial score (nSPS) is 19.3. The summed E-state index contributed by atoms with van der Waals surface area (Å²) in [5.74, 6) is 0.0314. The Bertz CT molecular complexity index is 592. The average Bonchev–Trinajstić information content (AvgIpc) is 2.42. The Morgan fingerprint density at radius 3 is 2.71 bits per heavy atom. The van der Waals surface area contributed by atoms with Gasteiger partial charge in [-0.25, -0.2) is 0 Å². The lowest BCUT2D eigenvalue weighted by atomic mass is 10.0. The van der Waals surface area contributed by atoms with E-state index in [2.05, 4.69) is 5.32 Å². The highest BCUT2D eigenvalue weighted by atomic mass is 19.4. The molecule has 1 fully saturated rings. The fraction of sp³-hybridized carbons (Fsp3) is 0.429. The van der Waals surface area contributed by atoms with Crippen molar-refractivity contribution in [3.63, 3.8) is 0 Å². The number of benzene rings is 1. The van der Waals surface area contributed by atoms with E-state index in [-0.39, 0.29) is 11.9 Å². The fourth-order valence-electron chi connectivity index (χ4n) is 2.33. The van der Waals surface area contributed by atoms with Gasteiger partial charge in [-0.3, -0.25) is 4.79 Å². The van der Waals surface area contributed by atoms with E-state index in [0.29, 0.717) is 25.1 Å². The molecule has 4 nitrogen and oxygen atoms in total. The van der Waals surface area contributed by atoms with Gasteiger partial charge in [-0.1, -0.05) is 0 Å². The van der Waals surface area contributed by atoms with Crippen molar-refractivity contribution in [3.8, 4) is 6.07 Å². The number of amides is 1. The number of carbonyl (C=O) groups excluding carboxylic acids is 1. The number of likely N-dealkylation sites (N-methyl/N-ethyl adjacent to an activating group) is 1. The largest absolute Gasteiger partial charge is 0.417 e. The molecule has 0 aliphatic carbocycles. The van der Waals surface area contributed by atoms with Crippen LogP contribution in [-0.2, 0) is 11.0 Å². The minimum atomic E-state index is -4.57. The predicted molar refractivity (Wildman–Crippen MR) is 70.4 cm³/mol. The number of hydrogen-bond donors (Lipinski definition) is 1. The van der Waals surface area contributed by atoms with Gasteiger partial charge in [0, 0.05) is 31.7 Å². The van der Waals surface area contributed by atoms with Crippen LogP contribution in [-0.4, -0.2) is 30.4 Å². The molecule has 1 atom stereocenters. The average molecular weight is 297 g/mol. The van der Waals surface area contributed by atoms with Gasteiger partial charge in [0.25, 0.3) is 0 Å². The van der Waals surface area contributed by atoms with Crippen LogP contribution in [0, 0.1) is 11.3 Å². The van der Waals surface area contributed by atoms with Gasteiger partial charge in [-0.15, -0.1) is 0 Å². The van der Waals surface area contributed by atoms with E-state index in [1.807, 2.05) is 0 Å². The molecule has 1 heterocycles. The van der Waals surface area contributed by atoms with Gasteiger partial charge in [-0.2, -0.15) is 18.4 Å². The minimum absolute atomic E-state index is 0.0314. The van der Waals surface area contributed by atoms with Gasteiger partial charge in [0.15, 0.2) is 0 Å². The lowest BCUT2D eigenvalue weighted by molar-refractivity contribution is -0.137. The van der Waals surface area contributed by atoms with E-state index in [1.165, 1.54) is 6.07 Å². The first-order valence-electron chi connectivity index (χ1n) is 6.43. The zero-order valence-corrected chi connectivity index (χ0v) is 11.4. The Morgan fingerprint density at radius 2 is 2.14 bits per heavy atom. The Hall–Kier alpha value is -2.23. The van der Waals surface area contributed by atoms with Gasteiger partial charge in [0.05, 0.1) is 17.2 Å². The quantitative estimate of drug-likeness (QED) is 0.913. The van der Waals surface area contributed by atoms with E-state index in [0.717, 1.165) is 12.1 Å². The molecule has 0 radical (unpaired) electrons. The molecule has 0 saturated carbocycles. The molecule has 1 amide bonds. The molecule has 1 N–H and O–H groups in total. The second kappa shape index (κ2) is 5.64. The van der Waals surface area contributed by atoms with Gasteiger partial charge in [-0.05, 0) is 24.6 Å². The Balaban J connectivity index is 2.18. The highest BCUT2D eigenvalue weighted by Gasteiger charge is 2.34. The first kappa shape index (κ1) is 15.2.